The van der Waals surface area contributed by atoms with E-state index in [-0.39, 0.29) is 36.4 Å². The predicted molar refractivity (Wildman–Crippen MR) is 136 cm³/mol. The first-order chi connectivity index (χ1) is 16.9. The van der Waals surface area contributed by atoms with Crippen LogP contribution < -0.4 is 9.62 Å². The highest BCUT2D eigenvalue weighted by Gasteiger charge is 2.33. The molecule has 0 saturated heterocycles. The predicted octanol–water partition coefficient (Wildman–Crippen LogP) is 2.83. The molecule has 0 bridgehead atoms. The number of halogens is 1. The molecule has 1 unspecified atom stereocenters. The van der Waals surface area contributed by atoms with Crippen LogP contribution in [0.4, 0.5) is 10.1 Å². The summed E-state index contributed by atoms with van der Waals surface area (Å²) in [5, 5.41) is 3.12. The zero-order valence-corrected chi connectivity index (χ0v) is 21.6. The fraction of sp³-hybridized carbons (Fsp3) is 0.360. The molecule has 0 fully saturated rings. The molecule has 11 heteroatoms. The first-order valence-corrected chi connectivity index (χ1v) is 13.3. The van der Waals surface area contributed by atoms with Crippen molar-refractivity contribution in [2.24, 2.45) is 0 Å². The summed E-state index contributed by atoms with van der Waals surface area (Å²) in [6, 6.07) is 8.64. The number of amides is 2. The number of anilines is 1. The Bertz CT molecular complexity index is 1430. The molecule has 2 aromatic carbocycles. The maximum absolute atomic E-state index is 13.5. The number of benzene rings is 2. The molecule has 0 saturated carbocycles. The van der Waals surface area contributed by atoms with Crippen LogP contribution in [0.25, 0.3) is 22.3 Å². The minimum atomic E-state index is -3.66. The Hall–Kier alpha value is -3.44. The number of carbonyl (C=O) groups is 2. The van der Waals surface area contributed by atoms with Crippen molar-refractivity contribution < 1.29 is 26.8 Å². The lowest BCUT2D eigenvalue weighted by atomic mass is 9.99. The minimum Gasteiger partial charge on any atom is -0.455 e. The lowest BCUT2D eigenvalue weighted by molar-refractivity contribution is -0.130. The molecular formula is C25H29FN4O5S. The third kappa shape index (κ3) is 4.68. The molecule has 1 N–H and O–H groups in total. The summed E-state index contributed by atoms with van der Waals surface area (Å²) in [6.07, 6.45) is 1.13. The van der Waals surface area contributed by atoms with E-state index in [2.05, 4.69) is 5.32 Å². The number of sulfonamides is 1. The van der Waals surface area contributed by atoms with Gasteiger partial charge in [-0.15, -0.1) is 0 Å². The number of nitrogens with zero attached hydrogens (tertiary/aromatic N) is 3. The van der Waals surface area contributed by atoms with E-state index in [1.54, 1.807) is 26.2 Å². The van der Waals surface area contributed by atoms with Gasteiger partial charge in [0.25, 0.3) is 5.91 Å². The molecular weight excluding hydrogens is 487 g/mol. The fourth-order valence-corrected chi connectivity index (χ4v) is 5.39. The van der Waals surface area contributed by atoms with E-state index in [0.29, 0.717) is 34.3 Å². The number of rotatable bonds is 5. The molecule has 4 rings (SSSR count). The van der Waals surface area contributed by atoms with Gasteiger partial charge in [-0.2, -0.15) is 0 Å². The van der Waals surface area contributed by atoms with Gasteiger partial charge in [0.2, 0.25) is 15.9 Å². The van der Waals surface area contributed by atoms with Gasteiger partial charge in [0.05, 0.1) is 24.1 Å². The Morgan fingerprint density at radius 1 is 1.17 bits per heavy atom. The molecule has 36 heavy (non-hydrogen) atoms. The normalized spacial score (nSPS) is 16.5. The van der Waals surface area contributed by atoms with Crippen LogP contribution in [0.1, 0.15) is 28.9 Å². The van der Waals surface area contributed by atoms with Gasteiger partial charge in [-0.1, -0.05) is 0 Å². The van der Waals surface area contributed by atoms with E-state index in [0.717, 1.165) is 6.26 Å². The summed E-state index contributed by atoms with van der Waals surface area (Å²) in [5.74, 6) is -0.671. The van der Waals surface area contributed by atoms with Gasteiger partial charge in [0.1, 0.15) is 17.2 Å². The summed E-state index contributed by atoms with van der Waals surface area (Å²) in [4.78, 5) is 28.9. The number of carbonyl (C=O) groups excluding carboxylic acids is 2. The van der Waals surface area contributed by atoms with Gasteiger partial charge in [-0.3, -0.25) is 18.8 Å². The smallest absolute Gasteiger partial charge is 0.255 e. The number of likely N-dealkylation sites (N-methyl/N-ethyl adjacent to an activating group) is 1. The first kappa shape index (κ1) is 25.6. The van der Waals surface area contributed by atoms with E-state index in [1.807, 2.05) is 11.8 Å². The second-order valence-electron chi connectivity index (χ2n) is 9.07. The monoisotopic (exact) mass is 516 g/mol. The van der Waals surface area contributed by atoms with Gasteiger partial charge in [0.15, 0.2) is 0 Å². The number of furan rings is 1. The summed E-state index contributed by atoms with van der Waals surface area (Å²) >= 11 is 0. The molecule has 0 spiro atoms. The zero-order chi connectivity index (χ0) is 26.4. The minimum absolute atomic E-state index is 0.106. The van der Waals surface area contributed by atoms with Crippen molar-refractivity contribution in [3.05, 3.63) is 53.3 Å². The zero-order valence-electron chi connectivity index (χ0n) is 20.8. The van der Waals surface area contributed by atoms with Gasteiger partial charge >= 0.3 is 0 Å². The molecule has 1 aromatic heterocycles. The number of hydrogen-bond acceptors (Lipinski definition) is 6. The highest BCUT2D eigenvalue weighted by Crippen LogP contribution is 2.42. The van der Waals surface area contributed by atoms with Crippen LogP contribution in [-0.4, -0.2) is 77.1 Å². The molecule has 192 valence electrons. The lowest BCUT2D eigenvalue weighted by Gasteiger charge is -2.27. The van der Waals surface area contributed by atoms with Crippen molar-refractivity contribution in [2.45, 2.75) is 13.0 Å². The van der Waals surface area contributed by atoms with Crippen LogP contribution in [0.2, 0.25) is 0 Å². The van der Waals surface area contributed by atoms with E-state index in [4.69, 9.17) is 4.42 Å². The third-order valence-electron chi connectivity index (χ3n) is 6.49. The van der Waals surface area contributed by atoms with E-state index < -0.39 is 21.7 Å². The summed E-state index contributed by atoms with van der Waals surface area (Å²) < 4.78 is 46.5. The average Bonchev–Trinajstić information content (AvgIpc) is 3.13. The Morgan fingerprint density at radius 2 is 1.83 bits per heavy atom. The molecule has 2 amide bonds. The van der Waals surface area contributed by atoms with Crippen molar-refractivity contribution in [1.82, 2.24) is 15.1 Å². The van der Waals surface area contributed by atoms with Crippen molar-refractivity contribution in [2.75, 3.05) is 51.3 Å². The van der Waals surface area contributed by atoms with Gasteiger partial charge in [-0.05, 0) is 42.8 Å². The SMILES string of the molecule is CNC(=O)c1c(-c2ccc(F)cc2)oc2cc3c(cc12)C(C)N(CC(=O)N(C)C)CCN3S(C)(=O)=O. The molecule has 0 aliphatic carbocycles. The van der Waals surface area contributed by atoms with Crippen LogP contribution in [0.3, 0.4) is 0 Å². The molecule has 1 aliphatic rings. The van der Waals surface area contributed by atoms with Crippen LogP contribution in [-0.2, 0) is 14.8 Å². The number of hydrogen-bond donors (Lipinski definition) is 1. The van der Waals surface area contributed by atoms with Crippen molar-refractivity contribution in [3.63, 3.8) is 0 Å². The van der Waals surface area contributed by atoms with E-state index in [1.165, 1.54) is 40.5 Å². The maximum Gasteiger partial charge on any atom is 0.255 e. The topological polar surface area (TPSA) is 103 Å². The van der Waals surface area contributed by atoms with Crippen LogP contribution in [0.5, 0.6) is 0 Å². The molecule has 3 aromatic rings. The fourth-order valence-electron chi connectivity index (χ4n) is 4.46. The Kier molecular flexibility index (Phi) is 6.80. The summed E-state index contributed by atoms with van der Waals surface area (Å²) in [6.45, 7) is 2.50. The van der Waals surface area contributed by atoms with Gasteiger partial charge in [0, 0.05) is 57.3 Å². The highest BCUT2D eigenvalue weighted by atomic mass is 32.2. The Balaban J connectivity index is 1.97. The largest absolute Gasteiger partial charge is 0.455 e. The van der Waals surface area contributed by atoms with Gasteiger partial charge in [-0.25, -0.2) is 12.8 Å². The standard InChI is InChI=1S/C25H29FN4O5S/c1-15-18-12-19-21(35-24(23(19)25(32)27-2)16-6-8-17(26)9-7-16)13-20(18)30(36(5,33)34)11-10-29(15)14-22(31)28(3)4/h6-9,12-13,15H,10-11,14H2,1-5H3,(H,27,32). The maximum atomic E-state index is 13.5. The van der Waals surface area contributed by atoms with Crippen LogP contribution in [0.15, 0.2) is 40.8 Å². The van der Waals surface area contributed by atoms with E-state index in [9.17, 15) is 22.4 Å². The van der Waals surface area contributed by atoms with Gasteiger partial charge < -0.3 is 14.6 Å². The quantitative estimate of drug-likeness (QED) is 0.560. The van der Waals surface area contributed by atoms with Crippen LogP contribution in [0, 0.1) is 5.82 Å². The molecule has 1 atom stereocenters. The van der Waals surface area contributed by atoms with Crippen LogP contribution >= 0.6 is 0 Å². The Labute approximate surface area is 209 Å². The van der Waals surface area contributed by atoms with Crippen molar-refractivity contribution >= 4 is 38.5 Å². The molecule has 9 nitrogen and oxygen atoms in total. The van der Waals surface area contributed by atoms with E-state index >= 15 is 0 Å². The third-order valence-corrected chi connectivity index (χ3v) is 7.67. The Morgan fingerprint density at radius 3 is 2.42 bits per heavy atom. The number of nitrogens with one attached hydrogen (secondary N) is 1. The first-order valence-electron chi connectivity index (χ1n) is 11.4. The molecule has 2 heterocycles. The number of fused-ring (bicyclic) bond motifs is 2. The second kappa shape index (κ2) is 9.55. The molecule has 0 radical (unpaired) electrons. The lowest BCUT2D eigenvalue weighted by Crippen LogP contribution is -2.40. The molecule has 1 aliphatic heterocycles. The van der Waals surface area contributed by atoms with Crippen molar-refractivity contribution in [3.8, 4) is 11.3 Å². The second-order valence-corrected chi connectivity index (χ2v) is 11.0. The summed E-state index contributed by atoms with van der Waals surface area (Å²) in [5.41, 5.74) is 2.17. The summed E-state index contributed by atoms with van der Waals surface area (Å²) in [7, 11) is 1.19. The van der Waals surface area contributed by atoms with Crippen molar-refractivity contribution in [1.29, 1.82) is 0 Å². The highest BCUT2D eigenvalue weighted by molar-refractivity contribution is 7.92. The average molecular weight is 517 g/mol.